The average molecular weight is 249 g/mol. The van der Waals surface area contributed by atoms with Gasteiger partial charge in [0.25, 0.3) is 0 Å². The Balaban J connectivity index is 2.20. The van der Waals surface area contributed by atoms with Gasteiger partial charge in [0, 0.05) is 17.0 Å². The van der Waals surface area contributed by atoms with E-state index >= 15 is 0 Å². The van der Waals surface area contributed by atoms with Gasteiger partial charge in [-0.2, -0.15) is 0 Å². The Morgan fingerprint density at radius 1 is 1.00 bits per heavy atom. The first-order valence-corrected chi connectivity index (χ1v) is 5.75. The molecule has 3 heteroatoms. The lowest BCUT2D eigenvalue weighted by molar-refractivity contribution is 0.174. The van der Waals surface area contributed by atoms with E-state index in [1.54, 1.807) is 30.3 Å². The van der Waals surface area contributed by atoms with Gasteiger partial charge >= 0.3 is 0 Å². The zero-order valence-electron chi connectivity index (χ0n) is 9.18. The van der Waals surface area contributed by atoms with Gasteiger partial charge in [0.15, 0.2) is 0 Å². The third kappa shape index (κ3) is 2.78. The minimum absolute atomic E-state index is 0.104. The summed E-state index contributed by atoms with van der Waals surface area (Å²) in [6.07, 6.45) is -0.367. The molecule has 0 saturated heterocycles. The zero-order valence-corrected chi connectivity index (χ0v) is 9.93. The van der Waals surface area contributed by atoms with Crippen molar-refractivity contribution in [3.05, 3.63) is 64.7 Å². The number of aliphatic hydroxyl groups is 1. The van der Waals surface area contributed by atoms with Crippen LogP contribution in [-0.2, 0) is 6.42 Å². The molecule has 0 spiro atoms. The van der Waals surface area contributed by atoms with Crippen LogP contribution < -0.4 is 0 Å². The van der Waals surface area contributed by atoms with Crippen molar-refractivity contribution < 1.29 is 10.2 Å². The highest BCUT2D eigenvalue weighted by molar-refractivity contribution is 6.31. The van der Waals surface area contributed by atoms with Gasteiger partial charge in [-0.25, -0.2) is 0 Å². The standard InChI is InChI=1S/C14H13ClO2/c15-12-7-3-1-5-10(12)9-14(17)11-6-2-4-8-13(11)16/h1-8,14,16-17H,9H2/t14-/m0/s1. The van der Waals surface area contributed by atoms with Crippen LogP contribution in [0.2, 0.25) is 5.02 Å². The first kappa shape index (κ1) is 12.0. The topological polar surface area (TPSA) is 40.5 Å². The molecule has 2 aromatic rings. The fourth-order valence-electron chi connectivity index (χ4n) is 1.75. The van der Waals surface area contributed by atoms with Gasteiger partial charge < -0.3 is 10.2 Å². The van der Waals surface area contributed by atoms with Crippen molar-refractivity contribution in [2.45, 2.75) is 12.5 Å². The third-order valence-electron chi connectivity index (χ3n) is 2.67. The lowest BCUT2D eigenvalue weighted by atomic mass is 10.0. The summed E-state index contributed by atoms with van der Waals surface area (Å²) in [6.45, 7) is 0. The first-order valence-electron chi connectivity index (χ1n) is 5.38. The second-order valence-electron chi connectivity index (χ2n) is 3.87. The highest BCUT2D eigenvalue weighted by atomic mass is 35.5. The number of para-hydroxylation sites is 1. The molecule has 88 valence electrons. The van der Waals surface area contributed by atoms with Crippen LogP contribution in [0.1, 0.15) is 17.2 Å². The Kier molecular flexibility index (Phi) is 3.67. The number of benzene rings is 2. The van der Waals surface area contributed by atoms with Crippen LogP contribution in [0.15, 0.2) is 48.5 Å². The molecule has 0 heterocycles. The minimum atomic E-state index is -0.754. The molecule has 0 radical (unpaired) electrons. The first-order chi connectivity index (χ1) is 8.18. The van der Waals surface area contributed by atoms with Crippen LogP contribution in [0.3, 0.4) is 0 Å². The summed E-state index contributed by atoms with van der Waals surface area (Å²) in [7, 11) is 0. The fourth-order valence-corrected chi connectivity index (χ4v) is 1.96. The number of phenolic OH excluding ortho intramolecular Hbond substituents is 1. The predicted octanol–water partition coefficient (Wildman–Crippen LogP) is 3.32. The van der Waals surface area contributed by atoms with Crippen LogP contribution in [0.4, 0.5) is 0 Å². The predicted molar refractivity (Wildman–Crippen MR) is 68.2 cm³/mol. The van der Waals surface area contributed by atoms with E-state index in [9.17, 15) is 10.2 Å². The number of halogens is 1. The molecule has 2 nitrogen and oxygen atoms in total. The van der Waals surface area contributed by atoms with Crippen LogP contribution >= 0.6 is 11.6 Å². The van der Waals surface area contributed by atoms with E-state index in [0.29, 0.717) is 17.0 Å². The van der Waals surface area contributed by atoms with E-state index in [2.05, 4.69) is 0 Å². The number of hydrogen-bond donors (Lipinski definition) is 2. The molecule has 1 atom stereocenters. The summed E-state index contributed by atoms with van der Waals surface area (Å²) in [5.74, 6) is 0.104. The van der Waals surface area contributed by atoms with Crippen molar-refractivity contribution in [2.24, 2.45) is 0 Å². The van der Waals surface area contributed by atoms with E-state index in [-0.39, 0.29) is 5.75 Å². The van der Waals surface area contributed by atoms with Crippen LogP contribution in [0.5, 0.6) is 5.75 Å². The van der Waals surface area contributed by atoms with E-state index in [1.165, 1.54) is 0 Å². The molecule has 0 saturated carbocycles. The summed E-state index contributed by atoms with van der Waals surface area (Å²) in [4.78, 5) is 0. The number of aromatic hydroxyl groups is 1. The quantitative estimate of drug-likeness (QED) is 0.875. The van der Waals surface area contributed by atoms with Gasteiger partial charge in [-0.15, -0.1) is 0 Å². The molecular weight excluding hydrogens is 236 g/mol. The summed E-state index contributed by atoms with van der Waals surface area (Å²) in [5.41, 5.74) is 1.39. The van der Waals surface area contributed by atoms with E-state index in [0.717, 1.165) is 5.56 Å². The molecule has 0 amide bonds. The second kappa shape index (κ2) is 5.21. The molecule has 0 aliphatic rings. The Hall–Kier alpha value is -1.51. The molecule has 0 aromatic heterocycles. The summed E-state index contributed by atoms with van der Waals surface area (Å²) < 4.78 is 0. The fraction of sp³-hybridized carbons (Fsp3) is 0.143. The average Bonchev–Trinajstić information content (AvgIpc) is 2.32. The maximum atomic E-state index is 10.1. The molecule has 2 aromatic carbocycles. The van der Waals surface area contributed by atoms with Crippen molar-refractivity contribution in [3.63, 3.8) is 0 Å². The number of aliphatic hydroxyl groups excluding tert-OH is 1. The molecule has 2 rings (SSSR count). The number of hydrogen-bond acceptors (Lipinski definition) is 2. The SMILES string of the molecule is Oc1ccccc1[C@@H](O)Cc1ccccc1Cl. The largest absolute Gasteiger partial charge is 0.508 e. The summed E-state index contributed by atoms with van der Waals surface area (Å²) >= 11 is 6.02. The molecular formula is C14H13ClO2. The zero-order chi connectivity index (χ0) is 12.3. The lowest BCUT2D eigenvalue weighted by Crippen LogP contribution is -2.02. The maximum absolute atomic E-state index is 10.1. The van der Waals surface area contributed by atoms with Gasteiger partial charge in [-0.1, -0.05) is 48.0 Å². The maximum Gasteiger partial charge on any atom is 0.121 e. The van der Waals surface area contributed by atoms with Crippen LogP contribution in [-0.4, -0.2) is 10.2 Å². The third-order valence-corrected chi connectivity index (χ3v) is 3.04. The van der Waals surface area contributed by atoms with Gasteiger partial charge in [-0.3, -0.25) is 0 Å². The molecule has 2 N–H and O–H groups in total. The van der Waals surface area contributed by atoms with E-state index < -0.39 is 6.10 Å². The molecule has 0 bridgehead atoms. The Bertz CT molecular complexity index is 511. The molecule has 0 aliphatic carbocycles. The van der Waals surface area contributed by atoms with Gasteiger partial charge in [0.05, 0.1) is 6.10 Å². The van der Waals surface area contributed by atoms with Crippen molar-refractivity contribution >= 4 is 11.6 Å². The highest BCUT2D eigenvalue weighted by Gasteiger charge is 2.13. The molecule has 0 unspecified atom stereocenters. The van der Waals surface area contributed by atoms with Gasteiger partial charge in [0.2, 0.25) is 0 Å². The summed E-state index contributed by atoms with van der Waals surface area (Å²) in [6, 6.07) is 14.1. The van der Waals surface area contributed by atoms with Gasteiger partial charge in [0.1, 0.15) is 5.75 Å². The van der Waals surface area contributed by atoms with Crippen molar-refractivity contribution in [2.75, 3.05) is 0 Å². The number of phenols is 1. The summed E-state index contributed by atoms with van der Waals surface area (Å²) in [5, 5.41) is 20.3. The van der Waals surface area contributed by atoms with E-state index in [4.69, 9.17) is 11.6 Å². The lowest BCUT2D eigenvalue weighted by Gasteiger charge is -2.13. The van der Waals surface area contributed by atoms with Crippen molar-refractivity contribution in [1.29, 1.82) is 0 Å². The Morgan fingerprint density at radius 2 is 1.65 bits per heavy atom. The molecule has 0 aliphatic heterocycles. The molecule has 0 fully saturated rings. The van der Waals surface area contributed by atoms with E-state index in [1.807, 2.05) is 18.2 Å². The Labute approximate surface area is 105 Å². The van der Waals surface area contributed by atoms with Crippen molar-refractivity contribution in [1.82, 2.24) is 0 Å². The van der Waals surface area contributed by atoms with Gasteiger partial charge in [-0.05, 0) is 17.7 Å². The molecule has 17 heavy (non-hydrogen) atoms. The van der Waals surface area contributed by atoms with Crippen LogP contribution in [0.25, 0.3) is 0 Å². The number of rotatable bonds is 3. The second-order valence-corrected chi connectivity index (χ2v) is 4.28. The normalized spacial score (nSPS) is 12.4. The van der Waals surface area contributed by atoms with Crippen molar-refractivity contribution in [3.8, 4) is 5.75 Å². The van der Waals surface area contributed by atoms with Crippen LogP contribution in [0, 0.1) is 0 Å². The smallest absolute Gasteiger partial charge is 0.121 e. The monoisotopic (exact) mass is 248 g/mol. The Morgan fingerprint density at radius 3 is 2.35 bits per heavy atom. The highest BCUT2D eigenvalue weighted by Crippen LogP contribution is 2.28. The minimum Gasteiger partial charge on any atom is -0.508 e.